The third kappa shape index (κ3) is 6.06. The number of hydrogen-bond acceptors (Lipinski definition) is 4. The quantitative estimate of drug-likeness (QED) is 0.360. The molecule has 3 N–H and O–H groups in total. The second kappa shape index (κ2) is 11.9. The Hall–Kier alpha value is -2.87. The fraction of sp³-hybridized carbons (Fsp3) is 0.423. The van der Waals surface area contributed by atoms with Crippen LogP contribution >= 0.6 is 23.2 Å². The van der Waals surface area contributed by atoms with E-state index in [1.54, 1.807) is 30.3 Å². The lowest BCUT2D eigenvalue weighted by molar-refractivity contribution is -0.192. The molecule has 2 aliphatic rings. The predicted molar refractivity (Wildman–Crippen MR) is 132 cm³/mol. The molecular weight excluding hydrogens is 551 g/mol. The molecule has 0 aromatic heterocycles. The number of benzene rings is 2. The van der Waals surface area contributed by atoms with Crippen molar-refractivity contribution in [2.45, 2.75) is 61.7 Å². The Kier molecular flexibility index (Phi) is 9.29. The van der Waals surface area contributed by atoms with Gasteiger partial charge in [0.05, 0.1) is 11.1 Å². The lowest BCUT2D eigenvalue weighted by Gasteiger charge is -2.35. The molecule has 2 aromatic rings. The van der Waals surface area contributed by atoms with E-state index in [-0.39, 0.29) is 10.6 Å². The van der Waals surface area contributed by atoms with Crippen LogP contribution in [0.25, 0.3) is 0 Å². The van der Waals surface area contributed by atoms with Crippen LogP contribution in [0.15, 0.2) is 42.5 Å². The Labute approximate surface area is 226 Å². The molecule has 1 saturated carbocycles. The van der Waals surface area contributed by atoms with E-state index in [0.29, 0.717) is 22.9 Å². The number of carboxylic acids is 2. The Morgan fingerprint density at radius 3 is 2.16 bits per heavy atom. The first-order chi connectivity index (χ1) is 17.8. The van der Waals surface area contributed by atoms with Crippen LogP contribution in [0.3, 0.4) is 0 Å². The van der Waals surface area contributed by atoms with E-state index in [4.69, 9.17) is 33.1 Å². The van der Waals surface area contributed by atoms with Crippen molar-refractivity contribution < 1.29 is 37.4 Å². The molecule has 204 valence electrons. The number of aliphatic carboxylic acids is 2. The average Bonchev–Trinajstić information content (AvgIpc) is 3.48. The molecule has 0 radical (unpaired) electrons. The maximum absolute atomic E-state index is 15.2. The van der Waals surface area contributed by atoms with Gasteiger partial charge in [0, 0.05) is 17.0 Å². The van der Waals surface area contributed by atoms with Crippen LogP contribution < -0.4 is 5.32 Å². The molecular formula is C26H24Cl2F4N2O4. The monoisotopic (exact) mass is 574 g/mol. The van der Waals surface area contributed by atoms with Gasteiger partial charge in [-0.1, -0.05) is 73.2 Å². The first-order valence-corrected chi connectivity index (χ1v) is 12.5. The molecule has 2 fully saturated rings. The predicted octanol–water partition coefficient (Wildman–Crippen LogP) is 6.32. The van der Waals surface area contributed by atoms with Gasteiger partial charge >= 0.3 is 18.1 Å². The maximum Gasteiger partial charge on any atom is 0.490 e. The van der Waals surface area contributed by atoms with Crippen molar-refractivity contribution in [1.82, 2.24) is 5.32 Å². The summed E-state index contributed by atoms with van der Waals surface area (Å²) in [4.78, 5) is 21.2. The van der Waals surface area contributed by atoms with Crippen LogP contribution in [-0.2, 0) is 15.0 Å². The molecule has 0 amide bonds. The molecule has 1 saturated heterocycles. The van der Waals surface area contributed by atoms with E-state index >= 15 is 4.39 Å². The van der Waals surface area contributed by atoms with E-state index in [2.05, 4.69) is 11.4 Å². The number of carbonyl (C=O) groups is 2. The van der Waals surface area contributed by atoms with Gasteiger partial charge in [-0.05, 0) is 41.7 Å². The van der Waals surface area contributed by atoms with Gasteiger partial charge in [-0.15, -0.1) is 0 Å². The van der Waals surface area contributed by atoms with Crippen molar-refractivity contribution in [2.24, 2.45) is 5.92 Å². The number of carboxylic acid groups (broad SMARTS) is 2. The van der Waals surface area contributed by atoms with Crippen LogP contribution in [0.5, 0.6) is 0 Å². The summed E-state index contributed by atoms with van der Waals surface area (Å²) in [5.41, 5.74) is -0.525. The second-order valence-electron chi connectivity index (χ2n) is 9.33. The number of nitriles is 1. The summed E-state index contributed by atoms with van der Waals surface area (Å²) in [5, 5.41) is 31.4. The first-order valence-electron chi connectivity index (χ1n) is 11.7. The molecule has 2 aromatic carbocycles. The fourth-order valence-electron chi connectivity index (χ4n) is 5.48. The first kappa shape index (κ1) is 29.7. The molecule has 0 bridgehead atoms. The number of rotatable bonds is 5. The van der Waals surface area contributed by atoms with E-state index in [0.717, 1.165) is 25.7 Å². The highest BCUT2D eigenvalue weighted by molar-refractivity contribution is 6.31. The second-order valence-corrected chi connectivity index (χ2v) is 10.2. The highest BCUT2D eigenvalue weighted by Gasteiger charge is 2.60. The van der Waals surface area contributed by atoms with Crippen molar-refractivity contribution in [1.29, 1.82) is 5.26 Å². The summed E-state index contributed by atoms with van der Waals surface area (Å²) in [6.07, 6.45) is -0.0691. The minimum absolute atomic E-state index is 0.0937. The maximum atomic E-state index is 15.2. The van der Waals surface area contributed by atoms with Crippen molar-refractivity contribution in [2.75, 3.05) is 0 Å². The molecule has 4 atom stereocenters. The van der Waals surface area contributed by atoms with Crippen molar-refractivity contribution >= 4 is 35.1 Å². The standard InChI is InChI=1S/C24H23Cl2FN2O2.C2HF3O2/c25-16-10-8-15(9-11-16)24(13-28)19(12-14-4-1-2-5-14)29-22(23(30)31)20(24)17-6-3-7-18(26)21(17)27;3-2(4,5)1(6)7/h3,6-11,14,19-20,22,29H,1-2,4-5,12H2,(H,30,31);(H,6,7)/t19-,20-,22+,24-;/m0./s1. The SMILES string of the molecule is N#C[C@]1(c2ccc(Cl)cc2)[C@H](CC2CCCC2)N[C@@H](C(=O)O)[C@@H]1c1cccc(Cl)c1F.O=C(O)C(F)(F)F. The third-order valence-electron chi connectivity index (χ3n) is 7.13. The third-order valence-corrected chi connectivity index (χ3v) is 7.67. The van der Waals surface area contributed by atoms with Crippen molar-refractivity contribution in [3.8, 4) is 6.07 Å². The molecule has 38 heavy (non-hydrogen) atoms. The summed E-state index contributed by atoms with van der Waals surface area (Å²) in [6.45, 7) is 0. The van der Waals surface area contributed by atoms with E-state index in [9.17, 15) is 28.3 Å². The topological polar surface area (TPSA) is 110 Å². The fourth-order valence-corrected chi connectivity index (χ4v) is 5.78. The Morgan fingerprint density at radius 2 is 1.66 bits per heavy atom. The van der Waals surface area contributed by atoms with Gasteiger partial charge in [0.15, 0.2) is 0 Å². The summed E-state index contributed by atoms with van der Waals surface area (Å²) < 4.78 is 46.9. The minimum atomic E-state index is -5.08. The molecule has 6 nitrogen and oxygen atoms in total. The summed E-state index contributed by atoms with van der Waals surface area (Å²) in [6, 6.07) is 12.3. The van der Waals surface area contributed by atoms with Gasteiger partial charge in [-0.2, -0.15) is 18.4 Å². The van der Waals surface area contributed by atoms with Crippen LogP contribution in [0.1, 0.15) is 49.1 Å². The van der Waals surface area contributed by atoms with E-state index in [1.807, 2.05) is 0 Å². The average molecular weight is 575 g/mol. The van der Waals surface area contributed by atoms with Gasteiger partial charge in [-0.3, -0.25) is 10.1 Å². The molecule has 4 rings (SSSR count). The summed E-state index contributed by atoms with van der Waals surface area (Å²) >= 11 is 12.1. The number of alkyl halides is 3. The van der Waals surface area contributed by atoms with Gasteiger partial charge in [0.1, 0.15) is 17.3 Å². The number of halogens is 6. The zero-order valence-corrected chi connectivity index (χ0v) is 21.3. The van der Waals surface area contributed by atoms with E-state index < -0.39 is 47.3 Å². The highest BCUT2D eigenvalue weighted by atomic mass is 35.5. The number of nitrogens with zero attached hydrogens (tertiary/aromatic N) is 1. The minimum Gasteiger partial charge on any atom is -0.480 e. The molecule has 1 aliphatic heterocycles. The van der Waals surface area contributed by atoms with Crippen molar-refractivity contribution in [3.63, 3.8) is 0 Å². The summed E-state index contributed by atoms with van der Waals surface area (Å²) in [5.74, 6) is -5.12. The van der Waals surface area contributed by atoms with Crippen LogP contribution in [0.2, 0.25) is 10.0 Å². The largest absolute Gasteiger partial charge is 0.490 e. The number of hydrogen-bond donors (Lipinski definition) is 3. The normalized spacial score (nSPS) is 25.3. The van der Waals surface area contributed by atoms with Crippen molar-refractivity contribution in [3.05, 3.63) is 69.5 Å². The lowest BCUT2D eigenvalue weighted by atomic mass is 9.63. The molecule has 0 spiro atoms. The van der Waals surface area contributed by atoms with Crippen LogP contribution in [-0.4, -0.2) is 40.4 Å². The van der Waals surface area contributed by atoms with Gasteiger partial charge in [0.2, 0.25) is 0 Å². The number of nitrogens with one attached hydrogen (secondary N) is 1. The Bertz CT molecular complexity index is 1210. The zero-order valence-electron chi connectivity index (χ0n) is 19.8. The molecule has 0 unspecified atom stereocenters. The van der Waals surface area contributed by atoms with Crippen LogP contribution in [0, 0.1) is 23.1 Å². The van der Waals surface area contributed by atoms with E-state index in [1.165, 1.54) is 12.1 Å². The smallest absolute Gasteiger partial charge is 0.480 e. The van der Waals surface area contributed by atoms with Gasteiger partial charge in [-0.25, -0.2) is 9.18 Å². The molecule has 12 heteroatoms. The highest BCUT2D eigenvalue weighted by Crippen LogP contribution is 2.52. The molecule has 1 heterocycles. The van der Waals surface area contributed by atoms with Gasteiger partial charge < -0.3 is 10.2 Å². The Balaban J connectivity index is 0.000000505. The zero-order chi connectivity index (χ0) is 28.3. The Morgan fingerprint density at radius 1 is 1.08 bits per heavy atom. The lowest BCUT2D eigenvalue weighted by Crippen LogP contribution is -2.43. The van der Waals surface area contributed by atoms with Crippen LogP contribution in [0.4, 0.5) is 17.6 Å². The molecule has 1 aliphatic carbocycles. The summed E-state index contributed by atoms with van der Waals surface area (Å²) in [7, 11) is 0. The van der Waals surface area contributed by atoms with Gasteiger partial charge in [0.25, 0.3) is 0 Å².